The molecule has 0 bridgehead atoms. The van der Waals surface area contributed by atoms with E-state index in [1.54, 1.807) is 0 Å². The fourth-order valence-electron chi connectivity index (χ4n) is 1.40. The maximum absolute atomic E-state index is 10.9. The molecule has 0 unspecified atom stereocenters. The first-order chi connectivity index (χ1) is 6.27. The highest BCUT2D eigenvalue weighted by Gasteiger charge is 2.19. The quantitative estimate of drug-likeness (QED) is 0.633. The largest absolute Gasteiger partial charge is 0.338 e. The van der Waals surface area contributed by atoms with Crippen LogP contribution < -0.4 is 4.90 Å². The standard InChI is InChI=1S/C8H11N3O2/c1-6(12)7-9-8(10-13-7)11-4-2-3-5-11/h2-5H2,1H3. The molecule has 0 saturated carbocycles. The predicted molar refractivity (Wildman–Crippen MR) is 45.7 cm³/mol. The lowest BCUT2D eigenvalue weighted by Crippen LogP contribution is -2.18. The third kappa shape index (κ3) is 1.54. The van der Waals surface area contributed by atoms with Crippen molar-refractivity contribution in [2.24, 2.45) is 0 Å². The Hall–Kier alpha value is -1.39. The second-order valence-corrected chi connectivity index (χ2v) is 3.15. The van der Waals surface area contributed by atoms with E-state index in [1.165, 1.54) is 6.92 Å². The summed E-state index contributed by atoms with van der Waals surface area (Å²) in [5.74, 6) is 0.461. The van der Waals surface area contributed by atoms with Gasteiger partial charge in [0.05, 0.1) is 0 Å². The molecule has 0 aliphatic carbocycles. The maximum atomic E-state index is 10.9. The normalized spacial score (nSPS) is 16.5. The lowest BCUT2D eigenvalue weighted by atomic mass is 10.4. The summed E-state index contributed by atoms with van der Waals surface area (Å²) in [6.45, 7) is 3.33. The lowest BCUT2D eigenvalue weighted by molar-refractivity contribution is 0.0972. The molecule has 0 radical (unpaired) electrons. The van der Waals surface area contributed by atoms with Crippen molar-refractivity contribution in [1.29, 1.82) is 0 Å². The average Bonchev–Trinajstić information content (AvgIpc) is 2.75. The number of nitrogens with zero attached hydrogens (tertiary/aromatic N) is 3. The van der Waals surface area contributed by atoms with Crippen LogP contribution in [0.5, 0.6) is 0 Å². The lowest BCUT2D eigenvalue weighted by Gasteiger charge is -2.09. The Kier molecular flexibility index (Phi) is 2.00. The zero-order chi connectivity index (χ0) is 9.26. The summed E-state index contributed by atoms with van der Waals surface area (Å²) in [4.78, 5) is 16.9. The molecule has 1 saturated heterocycles. The summed E-state index contributed by atoms with van der Waals surface area (Å²) in [6, 6.07) is 0. The SMILES string of the molecule is CC(=O)c1nc(N2CCCC2)no1. The number of carbonyl (C=O) groups is 1. The second-order valence-electron chi connectivity index (χ2n) is 3.15. The van der Waals surface area contributed by atoms with Crippen molar-refractivity contribution in [3.05, 3.63) is 5.89 Å². The molecule has 2 heterocycles. The van der Waals surface area contributed by atoms with Crippen molar-refractivity contribution >= 4 is 11.7 Å². The Morgan fingerprint density at radius 1 is 1.46 bits per heavy atom. The van der Waals surface area contributed by atoms with E-state index >= 15 is 0 Å². The molecule has 0 spiro atoms. The number of carbonyl (C=O) groups excluding carboxylic acids is 1. The van der Waals surface area contributed by atoms with Gasteiger partial charge in [0.2, 0.25) is 5.78 Å². The van der Waals surface area contributed by atoms with Gasteiger partial charge in [-0.25, -0.2) is 0 Å². The van der Waals surface area contributed by atoms with Crippen molar-refractivity contribution in [1.82, 2.24) is 10.1 Å². The topological polar surface area (TPSA) is 59.2 Å². The van der Waals surface area contributed by atoms with Gasteiger partial charge < -0.3 is 9.42 Å². The smallest absolute Gasteiger partial charge is 0.295 e. The van der Waals surface area contributed by atoms with Crippen LogP contribution in [0.2, 0.25) is 0 Å². The van der Waals surface area contributed by atoms with E-state index in [0.717, 1.165) is 25.9 Å². The van der Waals surface area contributed by atoms with Crippen LogP contribution in [0.25, 0.3) is 0 Å². The Balaban J connectivity index is 2.16. The summed E-state index contributed by atoms with van der Waals surface area (Å²) < 4.78 is 4.79. The number of ketones is 1. The molecule has 5 heteroatoms. The first kappa shape index (κ1) is 8.22. The van der Waals surface area contributed by atoms with Crippen molar-refractivity contribution in [2.45, 2.75) is 19.8 Å². The highest BCUT2D eigenvalue weighted by molar-refractivity contribution is 5.89. The van der Waals surface area contributed by atoms with Gasteiger partial charge >= 0.3 is 0 Å². The van der Waals surface area contributed by atoms with Gasteiger partial charge in [-0.05, 0) is 18.0 Å². The first-order valence-corrected chi connectivity index (χ1v) is 4.37. The number of aromatic nitrogens is 2. The van der Waals surface area contributed by atoms with E-state index in [1.807, 2.05) is 4.90 Å². The van der Waals surface area contributed by atoms with Gasteiger partial charge in [0, 0.05) is 20.0 Å². The average molecular weight is 181 g/mol. The van der Waals surface area contributed by atoms with Crippen LogP contribution in [-0.2, 0) is 0 Å². The molecule has 1 aromatic rings. The summed E-state index contributed by atoms with van der Waals surface area (Å²) in [5.41, 5.74) is 0. The van der Waals surface area contributed by atoms with Crippen LogP contribution >= 0.6 is 0 Å². The van der Waals surface area contributed by atoms with E-state index in [9.17, 15) is 4.79 Å². The van der Waals surface area contributed by atoms with Crippen LogP contribution in [0.3, 0.4) is 0 Å². The molecule has 5 nitrogen and oxygen atoms in total. The van der Waals surface area contributed by atoms with E-state index < -0.39 is 0 Å². The molecule has 1 aromatic heterocycles. The number of hydrogen-bond acceptors (Lipinski definition) is 5. The van der Waals surface area contributed by atoms with Crippen molar-refractivity contribution < 1.29 is 9.32 Å². The Morgan fingerprint density at radius 2 is 2.15 bits per heavy atom. The molecule has 0 N–H and O–H groups in total. The fraction of sp³-hybridized carbons (Fsp3) is 0.625. The van der Waals surface area contributed by atoms with Gasteiger partial charge in [0.1, 0.15) is 0 Å². The predicted octanol–water partition coefficient (Wildman–Crippen LogP) is 0.872. The van der Waals surface area contributed by atoms with Crippen LogP contribution in [0.4, 0.5) is 5.95 Å². The Labute approximate surface area is 75.7 Å². The minimum Gasteiger partial charge on any atom is -0.338 e. The number of Topliss-reactive ketones (excluding diaryl/α,β-unsaturated/α-hetero) is 1. The second kappa shape index (κ2) is 3.16. The van der Waals surface area contributed by atoms with Crippen molar-refractivity contribution in [3.8, 4) is 0 Å². The molecule has 0 atom stereocenters. The zero-order valence-corrected chi connectivity index (χ0v) is 7.49. The molecule has 1 aliphatic heterocycles. The molecule has 2 rings (SSSR count). The van der Waals surface area contributed by atoms with Gasteiger partial charge in [-0.2, -0.15) is 4.98 Å². The molecule has 0 aromatic carbocycles. The maximum Gasteiger partial charge on any atom is 0.295 e. The molecular formula is C8H11N3O2. The monoisotopic (exact) mass is 181 g/mol. The molecule has 1 aliphatic rings. The molecule has 13 heavy (non-hydrogen) atoms. The van der Waals surface area contributed by atoms with E-state index in [-0.39, 0.29) is 11.7 Å². The fourth-order valence-corrected chi connectivity index (χ4v) is 1.40. The molecule has 0 amide bonds. The van der Waals surface area contributed by atoms with Crippen LogP contribution in [-0.4, -0.2) is 29.0 Å². The van der Waals surface area contributed by atoms with Crippen LogP contribution in [0, 0.1) is 0 Å². The minimum atomic E-state index is -0.182. The Morgan fingerprint density at radius 3 is 2.69 bits per heavy atom. The third-order valence-corrected chi connectivity index (χ3v) is 2.11. The molecule has 1 fully saturated rings. The van der Waals surface area contributed by atoms with E-state index in [4.69, 9.17) is 4.52 Å². The summed E-state index contributed by atoms with van der Waals surface area (Å²) in [7, 11) is 0. The zero-order valence-electron chi connectivity index (χ0n) is 7.49. The molecular weight excluding hydrogens is 170 g/mol. The van der Waals surface area contributed by atoms with Crippen LogP contribution in [0.1, 0.15) is 30.5 Å². The van der Waals surface area contributed by atoms with Crippen LogP contribution in [0.15, 0.2) is 4.52 Å². The van der Waals surface area contributed by atoms with Gasteiger partial charge in [0.25, 0.3) is 11.8 Å². The van der Waals surface area contributed by atoms with E-state index in [0.29, 0.717) is 5.95 Å². The number of anilines is 1. The highest BCUT2D eigenvalue weighted by atomic mass is 16.5. The number of rotatable bonds is 2. The summed E-state index contributed by atoms with van der Waals surface area (Å²) in [6.07, 6.45) is 2.31. The van der Waals surface area contributed by atoms with Gasteiger partial charge in [-0.1, -0.05) is 0 Å². The van der Waals surface area contributed by atoms with E-state index in [2.05, 4.69) is 10.1 Å². The first-order valence-electron chi connectivity index (χ1n) is 4.37. The summed E-state index contributed by atoms with van der Waals surface area (Å²) >= 11 is 0. The molecule has 70 valence electrons. The van der Waals surface area contributed by atoms with Gasteiger partial charge in [0.15, 0.2) is 0 Å². The van der Waals surface area contributed by atoms with Crippen molar-refractivity contribution in [2.75, 3.05) is 18.0 Å². The minimum absolute atomic E-state index is 0.0990. The third-order valence-electron chi connectivity index (χ3n) is 2.11. The van der Waals surface area contributed by atoms with Gasteiger partial charge in [-0.3, -0.25) is 4.79 Å². The number of hydrogen-bond donors (Lipinski definition) is 0. The highest BCUT2D eigenvalue weighted by Crippen LogP contribution is 2.15. The summed E-state index contributed by atoms with van der Waals surface area (Å²) in [5, 5.41) is 3.74. The Bertz CT molecular complexity index is 315. The van der Waals surface area contributed by atoms with Crippen molar-refractivity contribution in [3.63, 3.8) is 0 Å². The van der Waals surface area contributed by atoms with Gasteiger partial charge in [-0.15, -0.1) is 0 Å².